The molecule has 2 aliphatic heterocycles. The molecular formula is C22H30N6O3. The van der Waals surface area contributed by atoms with Crippen LogP contribution in [0.3, 0.4) is 0 Å². The number of piperazine rings is 2. The summed E-state index contributed by atoms with van der Waals surface area (Å²) in [7, 11) is 5.26. The molecule has 1 aromatic heterocycles. The highest BCUT2D eigenvalue weighted by atomic mass is 16.5. The van der Waals surface area contributed by atoms with Crippen LogP contribution in [0.25, 0.3) is 0 Å². The number of carbonyl (C=O) groups excluding carboxylic acids is 1. The van der Waals surface area contributed by atoms with Crippen LogP contribution in [0.1, 0.15) is 10.4 Å². The number of carbonyl (C=O) groups is 1. The van der Waals surface area contributed by atoms with Gasteiger partial charge in [0, 0.05) is 52.4 Å². The van der Waals surface area contributed by atoms with Crippen LogP contribution >= 0.6 is 0 Å². The van der Waals surface area contributed by atoms with E-state index >= 15 is 0 Å². The summed E-state index contributed by atoms with van der Waals surface area (Å²) >= 11 is 0. The zero-order valence-electron chi connectivity index (χ0n) is 18.5. The highest BCUT2D eigenvalue weighted by Gasteiger charge is 2.26. The van der Waals surface area contributed by atoms with E-state index in [9.17, 15) is 4.79 Å². The minimum atomic E-state index is -0.0492. The van der Waals surface area contributed by atoms with Crippen LogP contribution in [-0.2, 0) is 0 Å². The summed E-state index contributed by atoms with van der Waals surface area (Å²) in [6, 6.07) is 9.45. The molecule has 0 unspecified atom stereocenters. The summed E-state index contributed by atoms with van der Waals surface area (Å²) in [5.74, 6) is 2.76. The molecule has 4 rings (SSSR count). The van der Waals surface area contributed by atoms with Crippen molar-refractivity contribution in [1.82, 2.24) is 20.0 Å². The maximum atomic E-state index is 13.1. The van der Waals surface area contributed by atoms with Gasteiger partial charge >= 0.3 is 0 Å². The molecule has 1 aromatic carbocycles. The maximum Gasteiger partial charge on any atom is 0.257 e. The summed E-state index contributed by atoms with van der Waals surface area (Å²) in [5, 5.41) is 8.91. The van der Waals surface area contributed by atoms with E-state index in [1.165, 1.54) is 0 Å². The lowest BCUT2D eigenvalue weighted by Crippen LogP contribution is -2.49. The van der Waals surface area contributed by atoms with Crippen LogP contribution in [0.15, 0.2) is 30.3 Å². The van der Waals surface area contributed by atoms with Crippen molar-refractivity contribution in [3.05, 3.63) is 35.9 Å². The number of aromatic nitrogens is 2. The summed E-state index contributed by atoms with van der Waals surface area (Å²) in [6.45, 7) is 6.66. The van der Waals surface area contributed by atoms with Crippen LogP contribution in [0.4, 0.5) is 11.6 Å². The van der Waals surface area contributed by atoms with Crippen molar-refractivity contribution < 1.29 is 14.3 Å². The predicted molar refractivity (Wildman–Crippen MR) is 119 cm³/mol. The fourth-order valence-corrected chi connectivity index (χ4v) is 4.06. The monoisotopic (exact) mass is 426 g/mol. The summed E-state index contributed by atoms with van der Waals surface area (Å²) in [5.41, 5.74) is 0.520. The lowest BCUT2D eigenvalue weighted by molar-refractivity contribution is 0.0742. The third kappa shape index (κ3) is 4.51. The number of amides is 1. The molecule has 2 aliphatic rings. The first-order valence-electron chi connectivity index (χ1n) is 10.6. The van der Waals surface area contributed by atoms with Crippen molar-refractivity contribution in [1.29, 1.82) is 0 Å². The van der Waals surface area contributed by atoms with E-state index in [0.29, 0.717) is 43.2 Å². The zero-order chi connectivity index (χ0) is 21.8. The van der Waals surface area contributed by atoms with Crippen molar-refractivity contribution in [2.24, 2.45) is 0 Å². The molecule has 0 spiro atoms. The maximum absolute atomic E-state index is 13.1. The van der Waals surface area contributed by atoms with Crippen LogP contribution < -0.4 is 19.3 Å². The van der Waals surface area contributed by atoms with Crippen molar-refractivity contribution in [2.75, 3.05) is 83.4 Å². The standard InChI is InChI=1S/C22H30N6O3/c1-25-9-11-26(12-10-25)19-7-8-20(24-23-19)27-13-15-28(16-14-27)22(29)17-5-4-6-18(30-2)21(17)31-3/h4-8H,9-16H2,1-3H3. The van der Waals surface area contributed by atoms with Gasteiger partial charge in [-0.25, -0.2) is 0 Å². The van der Waals surface area contributed by atoms with Gasteiger partial charge in [-0.3, -0.25) is 4.79 Å². The molecule has 0 radical (unpaired) electrons. The highest BCUT2D eigenvalue weighted by Crippen LogP contribution is 2.31. The van der Waals surface area contributed by atoms with Gasteiger partial charge in [-0.05, 0) is 31.3 Å². The van der Waals surface area contributed by atoms with Crippen molar-refractivity contribution in [3.63, 3.8) is 0 Å². The van der Waals surface area contributed by atoms with Crippen molar-refractivity contribution >= 4 is 17.5 Å². The summed E-state index contributed by atoms with van der Waals surface area (Å²) in [4.78, 5) is 21.7. The molecule has 31 heavy (non-hydrogen) atoms. The largest absolute Gasteiger partial charge is 0.493 e. The SMILES string of the molecule is COc1cccc(C(=O)N2CCN(c3ccc(N4CCN(C)CC4)nn3)CC2)c1OC. The normalized spacial score (nSPS) is 17.6. The highest BCUT2D eigenvalue weighted by molar-refractivity contribution is 5.98. The molecule has 9 nitrogen and oxygen atoms in total. The topological polar surface area (TPSA) is 74.3 Å². The molecule has 0 aliphatic carbocycles. The number of hydrogen-bond acceptors (Lipinski definition) is 8. The predicted octanol–water partition coefficient (Wildman–Crippen LogP) is 1.21. The van der Waals surface area contributed by atoms with Crippen LogP contribution in [0, 0.1) is 0 Å². The Balaban J connectivity index is 1.37. The van der Waals surface area contributed by atoms with Gasteiger partial charge in [-0.15, -0.1) is 10.2 Å². The van der Waals surface area contributed by atoms with Crippen LogP contribution in [-0.4, -0.2) is 99.5 Å². The third-order valence-corrected chi connectivity index (χ3v) is 5.99. The molecule has 9 heteroatoms. The van der Waals surface area contributed by atoms with E-state index in [4.69, 9.17) is 9.47 Å². The van der Waals surface area contributed by atoms with Gasteiger partial charge in [-0.2, -0.15) is 0 Å². The van der Waals surface area contributed by atoms with E-state index in [1.54, 1.807) is 26.4 Å². The third-order valence-electron chi connectivity index (χ3n) is 5.99. The molecule has 0 N–H and O–H groups in total. The first kappa shape index (κ1) is 21.2. The number of nitrogens with zero attached hydrogens (tertiary/aromatic N) is 6. The lowest BCUT2D eigenvalue weighted by atomic mass is 10.1. The summed E-state index contributed by atoms with van der Waals surface area (Å²) < 4.78 is 10.8. The Bertz CT molecular complexity index is 891. The Morgan fingerprint density at radius 1 is 0.806 bits per heavy atom. The Labute approximate surface area is 183 Å². The number of para-hydroxylation sites is 1. The lowest BCUT2D eigenvalue weighted by Gasteiger charge is -2.36. The van der Waals surface area contributed by atoms with Gasteiger partial charge in [0.2, 0.25) is 0 Å². The van der Waals surface area contributed by atoms with E-state index in [2.05, 4.69) is 31.9 Å². The molecule has 0 saturated carbocycles. The average molecular weight is 427 g/mol. The minimum Gasteiger partial charge on any atom is -0.493 e. The Hall–Kier alpha value is -3.07. The fraction of sp³-hybridized carbons (Fsp3) is 0.500. The zero-order valence-corrected chi connectivity index (χ0v) is 18.5. The van der Waals surface area contributed by atoms with E-state index in [-0.39, 0.29) is 5.91 Å². The molecule has 2 saturated heterocycles. The van der Waals surface area contributed by atoms with Crippen molar-refractivity contribution in [3.8, 4) is 11.5 Å². The van der Waals surface area contributed by atoms with E-state index in [0.717, 1.165) is 37.8 Å². The van der Waals surface area contributed by atoms with Crippen molar-refractivity contribution in [2.45, 2.75) is 0 Å². The summed E-state index contributed by atoms with van der Waals surface area (Å²) in [6.07, 6.45) is 0. The van der Waals surface area contributed by atoms with E-state index < -0.39 is 0 Å². The molecule has 166 valence electrons. The minimum absolute atomic E-state index is 0.0492. The average Bonchev–Trinajstić information content (AvgIpc) is 2.83. The molecule has 1 amide bonds. The number of likely N-dealkylation sites (N-methyl/N-ethyl adjacent to an activating group) is 1. The number of anilines is 2. The molecule has 3 heterocycles. The quantitative estimate of drug-likeness (QED) is 0.706. The number of rotatable bonds is 5. The number of ether oxygens (including phenoxy) is 2. The first-order chi connectivity index (χ1) is 15.1. The number of benzene rings is 1. The van der Waals surface area contributed by atoms with Crippen LogP contribution in [0.5, 0.6) is 11.5 Å². The van der Waals surface area contributed by atoms with Gasteiger partial charge < -0.3 is 29.1 Å². The van der Waals surface area contributed by atoms with Crippen LogP contribution in [0.2, 0.25) is 0 Å². The molecule has 0 atom stereocenters. The molecular weight excluding hydrogens is 396 g/mol. The Morgan fingerprint density at radius 3 is 1.90 bits per heavy atom. The number of methoxy groups -OCH3 is 2. The Kier molecular flexibility index (Phi) is 6.41. The van der Waals surface area contributed by atoms with E-state index in [1.807, 2.05) is 23.1 Å². The molecule has 2 fully saturated rings. The van der Waals surface area contributed by atoms with Gasteiger partial charge in [0.05, 0.1) is 19.8 Å². The smallest absolute Gasteiger partial charge is 0.257 e. The van der Waals surface area contributed by atoms with Gasteiger partial charge in [0.15, 0.2) is 23.1 Å². The fourth-order valence-electron chi connectivity index (χ4n) is 4.06. The second-order valence-corrected chi connectivity index (χ2v) is 7.86. The van der Waals surface area contributed by atoms with Gasteiger partial charge in [0.25, 0.3) is 5.91 Å². The van der Waals surface area contributed by atoms with Gasteiger partial charge in [0.1, 0.15) is 0 Å². The van der Waals surface area contributed by atoms with Gasteiger partial charge in [-0.1, -0.05) is 6.07 Å². The second-order valence-electron chi connectivity index (χ2n) is 7.86. The first-order valence-corrected chi connectivity index (χ1v) is 10.6. The number of hydrogen-bond donors (Lipinski definition) is 0. The molecule has 0 bridgehead atoms. The Morgan fingerprint density at radius 2 is 1.39 bits per heavy atom. The second kappa shape index (κ2) is 9.38. The molecule has 2 aromatic rings.